The van der Waals surface area contributed by atoms with Gasteiger partial charge in [0.1, 0.15) is 5.75 Å². The van der Waals surface area contributed by atoms with E-state index in [0.29, 0.717) is 0 Å². The molecule has 0 heterocycles. The van der Waals surface area contributed by atoms with E-state index in [9.17, 15) is 23.3 Å². The average Bonchev–Trinajstić information content (AvgIpc) is 2.27. The molecule has 19 heavy (non-hydrogen) atoms. The molecule has 1 N–H and O–H groups in total. The molecule has 0 atom stereocenters. The first kappa shape index (κ1) is 14.8. The number of benzene rings is 1. The molecule has 1 aromatic carbocycles. The Morgan fingerprint density at radius 2 is 2.16 bits per heavy atom. The number of non-ortho nitro benzene ring substituents is 1. The van der Waals surface area contributed by atoms with Crippen LogP contribution in [0.1, 0.15) is 0 Å². The van der Waals surface area contributed by atoms with Crippen LogP contribution in [0.3, 0.4) is 0 Å². The van der Waals surface area contributed by atoms with E-state index in [1.807, 2.05) is 0 Å². The SMILES string of the molecule is C=CCS(=O)(=O)CC(=O)Nc1cccc([N+](=O)[O-])c1. The zero-order chi connectivity index (χ0) is 14.5. The smallest absolute Gasteiger partial charge is 0.271 e. The molecule has 1 amide bonds. The van der Waals surface area contributed by atoms with Crippen molar-refractivity contribution >= 4 is 27.1 Å². The summed E-state index contributed by atoms with van der Waals surface area (Å²) in [6, 6.07) is 5.25. The topological polar surface area (TPSA) is 106 Å². The summed E-state index contributed by atoms with van der Waals surface area (Å²) in [5.74, 6) is -1.74. The Morgan fingerprint density at radius 3 is 2.74 bits per heavy atom. The number of nitro benzene ring substituents is 1. The summed E-state index contributed by atoms with van der Waals surface area (Å²) in [6.07, 6.45) is 1.19. The largest absolute Gasteiger partial charge is 0.325 e. The molecule has 0 aromatic heterocycles. The van der Waals surface area contributed by atoms with Crippen LogP contribution in [-0.4, -0.2) is 30.8 Å². The van der Waals surface area contributed by atoms with Gasteiger partial charge in [-0.05, 0) is 6.07 Å². The molecule has 0 fully saturated rings. The van der Waals surface area contributed by atoms with Crippen molar-refractivity contribution < 1.29 is 18.1 Å². The van der Waals surface area contributed by atoms with Crippen LogP contribution in [0.25, 0.3) is 0 Å². The summed E-state index contributed by atoms with van der Waals surface area (Å²) in [4.78, 5) is 21.4. The van der Waals surface area contributed by atoms with Crippen molar-refractivity contribution in [2.75, 3.05) is 16.8 Å². The highest BCUT2D eigenvalue weighted by Gasteiger charge is 2.15. The van der Waals surface area contributed by atoms with Crippen molar-refractivity contribution in [3.05, 3.63) is 47.0 Å². The van der Waals surface area contributed by atoms with Crippen molar-refractivity contribution in [2.45, 2.75) is 0 Å². The van der Waals surface area contributed by atoms with Crippen molar-refractivity contribution in [3.63, 3.8) is 0 Å². The number of rotatable bonds is 6. The zero-order valence-corrected chi connectivity index (χ0v) is 10.7. The number of anilines is 1. The van der Waals surface area contributed by atoms with Gasteiger partial charge in [-0.3, -0.25) is 14.9 Å². The first-order valence-electron chi connectivity index (χ1n) is 5.19. The summed E-state index contributed by atoms with van der Waals surface area (Å²) >= 11 is 0. The molecule has 7 nitrogen and oxygen atoms in total. The number of hydrogen-bond donors (Lipinski definition) is 1. The summed E-state index contributed by atoms with van der Waals surface area (Å²) in [7, 11) is -3.54. The number of nitro groups is 1. The Kier molecular flexibility index (Phi) is 4.76. The minimum absolute atomic E-state index is 0.174. The van der Waals surface area contributed by atoms with Gasteiger partial charge in [0.2, 0.25) is 5.91 Å². The fourth-order valence-electron chi connectivity index (χ4n) is 1.33. The lowest BCUT2D eigenvalue weighted by atomic mass is 10.3. The first-order chi connectivity index (χ1) is 8.84. The number of nitrogens with zero attached hydrogens (tertiary/aromatic N) is 1. The Hall–Kier alpha value is -2.22. The molecule has 0 saturated heterocycles. The van der Waals surface area contributed by atoms with E-state index in [1.165, 1.54) is 24.3 Å². The molecular weight excluding hydrogens is 272 g/mol. The Bertz CT molecular complexity index is 609. The number of amides is 1. The maximum absolute atomic E-state index is 11.5. The second kappa shape index (κ2) is 6.10. The highest BCUT2D eigenvalue weighted by Crippen LogP contribution is 2.16. The van der Waals surface area contributed by atoms with E-state index in [-0.39, 0.29) is 17.1 Å². The molecule has 0 unspecified atom stereocenters. The van der Waals surface area contributed by atoms with E-state index in [0.717, 1.165) is 6.07 Å². The highest BCUT2D eigenvalue weighted by molar-refractivity contribution is 7.92. The van der Waals surface area contributed by atoms with Gasteiger partial charge in [-0.2, -0.15) is 0 Å². The van der Waals surface area contributed by atoms with Gasteiger partial charge in [0.25, 0.3) is 5.69 Å². The second-order valence-corrected chi connectivity index (χ2v) is 5.81. The van der Waals surface area contributed by atoms with Crippen LogP contribution in [0.2, 0.25) is 0 Å². The van der Waals surface area contributed by atoms with Crippen molar-refractivity contribution in [1.82, 2.24) is 0 Å². The fourth-order valence-corrected chi connectivity index (χ4v) is 2.28. The van der Waals surface area contributed by atoms with Crippen LogP contribution in [-0.2, 0) is 14.6 Å². The predicted molar refractivity (Wildman–Crippen MR) is 70.6 cm³/mol. The Morgan fingerprint density at radius 1 is 1.47 bits per heavy atom. The molecule has 8 heteroatoms. The second-order valence-electron chi connectivity index (χ2n) is 3.70. The summed E-state index contributed by atoms with van der Waals surface area (Å²) < 4.78 is 22.7. The lowest BCUT2D eigenvalue weighted by Gasteiger charge is -2.05. The number of carbonyl (C=O) groups excluding carboxylic acids is 1. The van der Waals surface area contributed by atoms with Crippen LogP contribution < -0.4 is 5.32 Å². The number of hydrogen-bond acceptors (Lipinski definition) is 5. The van der Waals surface area contributed by atoms with E-state index in [2.05, 4.69) is 11.9 Å². The predicted octanol–water partition coefficient (Wildman–Crippen LogP) is 1.13. The van der Waals surface area contributed by atoms with Gasteiger partial charge in [0, 0.05) is 17.8 Å². The highest BCUT2D eigenvalue weighted by atomic mass is 32.2. The van der Waals surface area contributed by atoms with Gasteiger partial charge in [0.15, 0.2) is 9.84 Å². The maximum atomic E-state index is 11.5. The lowest BCUT2D eigenvalue weighted by Crippen LogP contribution is -2.24. The standard InChI is InChI=1S/C11H12N2O5S/c1-2-6-19(17,18)8-11(14)12-9-4-3-5-10(7-9)13(15)16/h2-5,7H,1,6,8H2,(H,12,14). The molecule has 0 bridgehead atoms. The van der Waals surface area contributed by atoms with Gasteiger partial charge < -0.3 is 5.32 Å². The third kappa shape index (κ3) is 4.88. The van der Waals surface area contributed by atoms with Crippen molar-refractivity contribution in [2.24, 2.45) is 0 Å². The van der Waals surface area contributed by atoms with Crippen LogP contribution in [0.15, 0.2) is 36.9 Å². The van der Waals surface area contributed by atoms with Crippen molar-refractivity contribution in [1.29, 1.82) is 0 Å². The zero-order valence-electron chi connectivity index (χ0n) is 9.90. The molecular formula is C11H12N2O5S. The van der Waals surface area contributed by atoms with Gasteiger partial charge in [-0.25, -0.2) is 8.42 Å². The molecule has 0 aliphatic heterocycles. The van der Waals surface area contributed by atoms with Crippen LogP contribution in [0.4, 0.5) is 11.4 Å². The Balaban J connectivity index is 2.75. The van der Waals surface area contributed by atoms with E-state index < -0.39 is 26.4 Å². The first-order valence-corrected chi connectivity index (χ1v) is 7.02. The summed E-state index contributed by atoms with van der Waals surface area (Å²) in [5.41, 5.74) is -0.0141. The molecule has 102 valence electrons. The molecule has 0 radical (unpaired) electrons. The number of sulfone groups is 1. The maximum Gasteiger partial charge on any atom is 0.271 e. The molecule has 1 aromatic rings. The molecule has 1 rings (SSSR count). The third-order valence-corrected chi connectivity index (χ3v) is 3.51. The normalized spacial score (nSPS) is 10.7. The molecule has 0 saturated carbocycles. The fraction of sp³-hybridized carbons (Fsp3) is 0.182. The summed E-state index contributed by atoms with van der Waals surface area (Å²) in [5, 5.41) is 12.8. The minimum Gasteiger partial charge on any atom is -0.325 e. The monoisotopic (exact) mass is 284 g/mol. The molecule has 0 aliphatic carbocycles. The third-order valence-electron chi connectivity index (χ3n) is 2.06. The van der Waals surface area contributed by atoms with Crippen LogP contribution in [0.5, 0.6) is 0 Å². The number of nitrogens with one attached hydrogen (secondary N) is 1. The average molecular weight is 284 g/mol. The van der Waals surface area contributed by atoms with Gasteiger partial charge in [-0.15, -0.1) is 6.58 Å². The van der Waals surface area contributed by atoms with Gasteiger partial charge in [-0.1, -0.05) is 12.1 Å². The lowest BCUT2D eigenvalue weighted by molar-refractivity contribution is -0.384. The van der Waals surface area contributed by atoms with Gasteiger partial charge in [0.05, 0.1) is 10.7 Å². The Labute approximate surface area is 110 Å². The van der Waals surface area contributed by atoms with E-state index in [1.54, 1.807) is 0 Å². The van der Waals surface area contributed by atoms with Gasteiger partial charge >= 0.3 is 0 Å². The quantitative estimate of drug-likeness (QED) is 0.479. The van der Waals surface area contributed by atoms with Crippen LogP contribution >= 0.6 is 0 Å². The minimum atomic E-state index is -3.54. The van der Waals surface area contributed by atoms with E-state index in [4.69, 9.17) is 0 Å². The molecule has 0 aliphatic rings. The molecule has 0 spiro atoms. The van der Waals surface area contributed by atoms with Crippen LogP contribution in [0, 0.1) is 10.1 Å². The summed E-state index contributed by atoms with van der Waals surface area (Å²) in [6.45, 7) is 3.28. The van der Waals surface area contributed by atoms with Crippen molar-refractivity contribution in [3.8, 4) is 0 Å². The van der Waals surface area contributed by atoms with E-state index >= 15 is 0 Å². The number of carbonyl (C=O) groups is 1.